The third-order valence-electron chi connectivity index (χ3n) is 2.43. The Morgan fingerprint density at radius 3 is 3.19 bits per heavy atom. The van der Waals surface area contributed by atoms with Crippen LogP contribution in [0.3, 0.4) is 0 Å². The van der Waals surface area contributed by atoms with Crippen molar-refractivity contribution in [2.75, 3.05) is 25.1 Å². The van der Waals surface area contributed by atoms with E-state index in [1.165, 1.54) is 0 Å². The molecule has 0 spiro atoms. The molecule has 1 N–H and O–H groups in total. The van der Waals surface area contributed by atoms with Crippen LogP contribution in [0.5, 0.6) is 5.88 Å². The molecule has 1 unspecified atom stereocenters. The zero-order valence-electron chi connectivity index (χ0n) is 9.69. The lowest BCUT2D eigenvalue weighted by molar-refractivity contribution is 0.137. The zero-order valence-corrected chi connectivity index (χ0v) is 9.69. The summed E-state index contributed by atoms with van der Waals surface area (Å²) in [6.45, 7) is 6.18. The van der Waals surface area contributed by atoms with E-state index in [1.807, 2.05) is 13.8 Å². The fourth-order valence-corrected chi connectivity index (χ4v) is 1.55. The number of hydrogen-bond acceptors (Lipinski definition) is 5. The fraction of sp³-hybridized carbons (Fsp3) is 0.636. The smallest absolute Gasteiger partial charge is 0.225 e. The number of hydrogen-bond donors (Lipinski definition) is 1. The molecule has 1 aromatic heterocycles. The standard InChI is InChI=1S/C11H17N3O2/c1-3-12-11-13-6-8(2)10(14-11)16-9-4-5-15-7-9/h6,9H,3-5,7H2,1-2H3,(H,12,13,14). The summed E-state index contributed by atoms with van der Waals surface area (Å²) in [5.41, 5.74) is 0.952. The molecule has 1 fully saturated rings. The molecule has 0 aromatic carbocycles. The summed E-state index contributed by atoms with van der Waals surface area (Å²) in [5, 5.41) is 3.07. The van der Waals surface area contributed by atoms with Crippen LogP contribution in [0, 0.1) is 6.92 Å². The third kappa shape index (κ3) is 2.61. The van der Waals surface area contributed by atoms with Gasteiger partial charge < -0.3 is 14.8 Å². The molecule has 2 heterocycles. The predicted molar refractivity (Wildman–Crippen MR) is 60.8 cm³/mol. The van der Waals surface area contributed by atoms with Gasteiger partial charge in [-0.1, -0.05) is 0 Å². The highest BCUT2D eigenvalue weighted by atomic mass is 16.5. The van der Waals surface area contributed by atoms with Crippen LogP contribution in [0.25, 0.3) is 0 Å². The van der Waals surface area contributed by atoms with Crippen molar-refractivity contribution in [2.24, 2.45) is 0 Å². The summed E-state index contributed by atoms with van der Waals surface area (Å²) in [4.78, 5) is 8.50. The van der Waals surface area contributed by atoms with Gasteiger partial charge in [0.1, 0.15) is 6.10 Å². The van der Waals surface area contributed by atoms with Crippen molar-refractivity contribution in [1.29, 1.82) is 0 Å². The van der Waals surface area contributed by atoms with Gasteiger partial charge in [0.2, 0.25) is 11.8 Å². The van der Waals surface area contributed by atoms with E-state index in [9.17, 15) is 0 Å². The molecule has 0 amide bonds. The van der Waals surface area contributed by atoms with E-state index in [2.05, 4.69) is 15.3 Å². The van der Waals surface area contributed by atoms with Crippen molar-refractivity contribution in [3.8, 4) is 5.88 Å². The van der Waals surface area contributed by atoms with Crippen LogP contribution in [-0.4, -0.2) is 35.8 Å². The quantitative estimate of drug-likeness (QED) is 0.835. The molecular formula is C11H17N3O2. The number of rotatable bonds is 4. The molecule has 1 aromatic rings. The van der Waals surface area contributed by atoms with E-state index in [0.29, 0.717) is 18.4 Å². The minimum atomic E-state index is 0.128. The SMILES string of the molecule is CCNc1ncc(C)c(OC2CCOC2)n1. The summed E-state index contributed by atoms with van der Waals surface area (Å²) in [5.74, 6) is 1.27. The zero-order chi connectivity index (χ0) is 11.4. The number of nitrogens with zero attached hydrogens (tertiary/aromatic N) is 2. The lowest BCUT2D eigenvalue weighted by atomic mass is 10.3. The Labute approximate surface area is 95.2 Å². The van der Waals surface area contributed by atoms with Crippen molar-refractivity contribution >= 4 is 5.95 Å². The van der Waals surface area contributed by atoms with E-state index in [4.69, 9.17) is 9.47 Å². The van der Waals surface area contributed by atoms with Gasteiger partial charge in [0.25, 0.3) is 0 Å². The van der Waals surface area contributed by atoms with Gasteiger partial charge in [0, 0.05) is 24.7 Å². The molecule has 1 aliphatic heterocycles. The Balaban J connectivity index is 2.08. The molecular weight excluding hydrogens is 206 g/mol. The monoisotopic (exact) mass is 223 g/mol. The normalized spacial score (nSPS) is 19.8. The lowest BCUT2D eigenvalue weighted by Crippen LogP contribution is -2.17. The topological polar surface area (TPSA) is 56.3 Å². The van der Waals surface area contributed by atoms with Crippen LogP contribution >= 0.6 is 0 Å². The molecule has 1 atom stereocenters. The van der Waals surface area contributed by atoms with Crippen LogP contribution in [-0.2, 0) is 4.74 Å². The molecule has 16 heavy (non-hydrogen) atoms. The molecule has 0 aliphatic carbocycles. The van der Waals surface area contributed by atoms with Gasteiger partial charge in [-0.3, -0.25) is 0 Å². The van der Waals surface area contributed by atoms with Crippen molar-refractivity contribution in [2.45, 2.75) is 26.4 Å². The molecule has 0 saturated carbocycles. The molecule has 1 aliphatic rings. The minimum Gasteiger partial charge on any atom is -0.471 e. The molecule has 5 heteroatoms. The minimum absolute atomic E-state index is 0.128. The maximum absolute atomic E-state index is 5.78. The molecule has 0 bridgehead atoms. The first-order chi connectivity index (χ1) is 7.79. The second-order valence-corrected chi connectivity index (χ2v) is 3.82. The van der Waals surface area contributed by atoms with E-state index in [-0.39, 0.29) is 6.10 Å². The molecule has 5 nitrogen and oxygen atoms in total. The van der Waals surface area contributed by atoms with E-state index in [1.54, 1.807) is 6.20 Å². The largest absolute Gasteiger partial charge is 0.471 e. The van der Waals surface area contributed by atoms with E-state index in [0.717, 1.165) is 25.1 Å². The summed E-state index contributed by atoms with van der Waals surface area (Å²) in [6.07, 6.45) is 2.83. The second-order valence-electron chi connectivity index (χ2n) is 3.82. The van der Waals surface area contributed by atoms with E-state index >= 15 is 0 Å². The van der Waals surface area contributed by atoms with E-state index < -0.39 is 0 Å². The van der Waals surface area contributed by atoms with Crippen LogP contribution in [0.1, 0.15) is 18.9 Å². The highest BCUT2D eigenvalue weighted by Gasteiger charge is 2.19. The summed E-state index contributed by atoms with van der Waals surface area (Å²) in [6, 6.07) is 0. The lowest BCUT2D eigenvalue weighted by Gasteiger charge is -2.13. The highest BCUT2D eigenvalue weighted by Crippen LogP contribution is 2.19. The Hall–Kier alpha value is -1.36. The molecule has 2 rings (SSSR count). The highest BCUT2D eigenvalue weighted by molar-refractivity contribution is 5.32. The Bertz CT molecular complexity index is 351. The molecule has 88 valence electrons. The van der Waals surface area contributed by atoms with Crippen molar-refractivity contribution in [1.82, 2.24) is 9.97 Å². The number of anilines is 1. The summed E-state index contributed by atoms with van der Waals surface area (Å²) < 4.78 is 11.0. The Morgan fingerprint density at radius 1 is 1.62 bits per heavy atom. The predicted octanol–water partition coefficient (Wildman–Crippen LogP) is 1.38. The van der Waals surface area contributed by atoms with Crippen LogP contribution in [0.15, 0.2) is 6.20 Å². The van der Waals surface area contributed by atoms with Crippen LogP contribution < -0.4 is 10.1 Å². The maximum atomic E-state index is 5.78. The van der Waals surface area contributed by atoms with Crippen molar-refractivity contribution < 1.29 is 9.47 Å². The average Bonchev–Trinajstić information content (AvgIpc) is 2.76. The third-order valence-corrected chi connectivity index (χ3v) is 2.43. The van der Waals surface area contributed by atoms with Gasteiger partial charge >= 0.3 is 0 Å². The number of aryl methyl sites for hydroxylation is 1. The van der Waals surface area contributed by atoms with Gasteiger partial charge in [0.05, 0.1) is 13.2 Å². The average molecular weight is 223 g/mol. The Kier molecular flexibility index (Phi) is 3.56. The first-order valence-corrected chi connectivity index (χ1v) is 5.61. The number of aromatic nitrogens is 2. The van der Waals surface area contributed by atoms with Crippen LogP contribution in [0.4, 0.5) is 5.95 Å². The number of ether oxygens (including phenoxy) is 2. The van der Waals surface area contributed by atoms with Gasteiger partial charge in [-0.25, -0.2) is 4.98 Å². The summed E-state index contributed by atoms with van der Waals surface area (Å²) in [7, 11) is 0. The maximum Gasteiger partial charge on any atom is 0.225 e. The first-order valence-electron chi connectivity index (χ1n) is 5.61. The summed E-state index contributed by atoms with van der Waals surface area (Å²) >= 11 is 0. The van der Waals surface area contributed by atoms with Gasteiger partial charge in [-0.15, -0.1) is 0 Å². The van der Waals surface area contributed by atoms with Gasteiger partial charge in [-0.2, -0.15) is 4.98 Å². The van der Waals surface area contributed by atoms with Gasteiger partial charge in [0.15, 0.2) is 0 Å². The first kappa shape index (κ1) is 11.1. The van der Waals surface area contributed by atoms with Crippen molar-refractivity contribution in [3.05, 3.63) is 11.8 Å². The molecule has 0 radical (unpaired) electrons. The second kappa shape index (κ2) is 5.12. The van der Waals surface area contributed by atoms with Gasteiger partial charge in [-0.05, 0) is 13.8 Å². The Morgan fingerprint density at radius 2 is 2.50 bits per heavy atom. The van der Waals surface area contributed by atoms with Crippen LogP contribution in [0.2, 0.25) is 0 Å². The number of nitrogens with one attached hydrogen (secondary N) is 1. The van der Waals surface area contributed by atoms with Crippen molar-refractivity contribution in [3.63, 3.8) is 0 Å². The molecule has 1 saturated heterocycles. The fourth-order valence-electron chi connectivity index (χ4n) is 1.55.